The maximum absolute atomic E-state index is 12.1. The van der Waals surface area contributed by atoms with Crippen molar-refractivity contribution in [2.75, 3.05) is 13.7 Å². The Morgan fingerprint density at radius 3 is 2.73 bits per heavy atom. The number of fused-ring (bicyclic) bond motifs is 1. The number of carbonyl (C=O) groups is 1. The molecular formula is C31H27N3O6S. The van der Waals surface area contributed by atoms with Crippen LogP contribution in [0.5, 0.6) is 17.2 Å². The molecule has 0 atom stereocenters. The molecule has 0 aliphatic heterocycles. The summed E-state index contributed by atoms with van der Waals surface area (Å²) in [5, 5.41) is 11.0. The SMILES string of the molecule is COc1cc(/C=C/C(=O)/C=C/c2cccs2)ccc1OCc1cn(CCCOc2cc(=O)oc3ccccc23)nn1. The first-order valence-corrected chi connectivity index (χ1v) is 13.7. The minimum Gasteiger partial charge on any atom is -0.493 e. The zero-order chi connectivity index (χ0) is 28.4. The molecule has 208 valence electrons. The summed E-state index contributed by atoms with van der Waals surface area (Å²) in [6, 6.07) is 18.0. The maximum Gasteiger partial charge on any atom is 0.339 e. The largest absolute Gasteiger partial charge is 0.493 e. The van der Waals surface area contributed by atoms with E-state index < -0.39 is 5.63 Å². The van der Waals surface area contributed by atoms with Crippen molar-refractivity contribution in [3.05, 3.63) is 111 Å². The number of aromatic nitrogens is 3. The number of para-hydroxylation sites is 1. The lowest BCUT2D eigenvalue weighted by Crippen LogP contribution is -2.07. The first-order chi connectivity index (χ1) is 20.1. The third-order valence-corrected chi connectivity index (χ3v) is 6.78. The molecule has 0 N–H and O–H groups in total. The Kier molecular flexibility index (Phi) is 9.02. The van der Waals surface area contributed by atoms with Crippen LogP contribution in [0.4, 0.5) is 0 Å². The lowest BCUT2D eigenvalue weighted by molar-refractivity contribution is -0.110. The van der Waals surface area contributed by atoms with E-state index >= 15 is 0 Å². The molecule has 0 bridgehead atoms. The highest BCUT2D eigenvalue weighted by Gasteiger charge is 2.09. The van der Waals surface area contributed by atoms with Crippen molar-refractivity contribution in [3.8, 4) is 17.2 Å². The second-order valence-electron chi connectivity index (χ2n) is 8.88. The smallest absolute Gasteiger partial charge is 0.339 e. The van der Waals surface area contributed by atoms with Crippen LogP contribution in [0.15, 0.2) is 93.6 Å². The van der Waals surface area contributed by atoms with E-state index in [0.717, 1.165) is 15.8 Å². The average molecular weight is 570 g/mol. The summed E-state index contributed by atoms with van der Waals surface area (Å²) >= 11 is 1.57. The highest BCUT2D eigenvalue weighted by atomic mass is 32.1. The number of aryl methyl sites for hydroxylation is 1. The number of ether oxygens (including phenoxy) is 3. The highest BCUT2D eigenvalue weighted by Crippen LogP contribution is 2.29. The van der Waals surface area contributed by atoms with Gasteiger partial charge in [0.15, 0.2) is 17.3 Å². The van der Waals surface area contributed by atoms with Crippen molar-refractivity contribution >= 4 is 40.2 Å². The van der Waals surface area contributed by atoms with Crippen LogP contribution in [0.1, 0.15) is 22.6 Å². The molecule has 9 nitrogen and oxygen atoms in total. The van der Waals surface area contributed by atoms with E-state index in [4.69, 9.17) is 18.6 Å². The lowest BCUT2D eigenvalue weighted by Gasteiger charge is -2.10. The van der Waals surface area contributed by atoms with Crippen LogP contribution in [0, 0.1) is 0 Å². The van der Waals surface area contributed by atoms with Gasteiger partial charge in [0.1, 0.15) is 23.6 Å². The lowest BCUT2D eigenvalue weighted by atomic mass is 10.1. The van der Waals surface area contributed by atoms with Gasteiger partial charge in [0.2, 0.25) is 0 Å². The van der Waals surface area contributed by atoms with Gasteiger partial charge in [0, 0.05) is 17.8 Å². The molecule has 0 aliphatic rings. The van der Waals surface area contributed by atoms with Crippen molar-refractivity contribution < 1.29 is 23.4 Å². The van der Waals surface area contributed by atoms with Crippen LogP contribution in [0.25, 0.3) is 23.1 Å². The number of rotatable bonds is 13. The number of hydrogen-bond donors (Lipinski definition) is 0. The zero-order valence-electron chi connectivity index (χ0n) is 22.3. The average Bonchev–Trinajstić information content (AvgIpc) is 3.68. The van der Waals surface area contributed by atoms with Gasteiger partial charge < -0.3 is 18.6 Å². The van der Waals surface area contributed by atoms with E-state index in [2.05, 4.69) is 10.3 Å². The fourth-order valence-electron chi connectivity index (χ4n) is 3.97. The molecule has 41 heavy (non-hydrogen) atoms. The monoisotopic (exact) mass is 569 g/mol. The molecule has 2 aromatic carbocycles. The van der Waals surface area contributed by atoms with Crippen LogP contribution in [-0.2, 0) is 17.9 Å². The van der Waals surface area contributed by atoms with E-state index in [-0.39, 0.29) is 12.4 Å². The Bertz CT molecular complexity index is 1740. The second-order valence-corrected chi connectivity index (χ2v) is 9.86. The quantitative estimate of drug-likeness (QED) is 0.0996. The molecule has 10 heteroatoms. The maximum atomic E-state index is 12.1. The number of nitrogens with zero attached hydrogens (tertiary/aromatic N) is 3. The number of thiophene rings is 1. The number of ketones is 1. The molecular weight excluding hydrogens is 542 g/mol. The fourth-order valence-corrected chi connectivity index (χ4v) is 4.58. The Hall–Kier alpha value is -4.96. The van der Waals surface area contributed by atoms with Gasteiger partial charge >= 0.3 is 5.63 Å². The predicted molar refractivity (Wildman–Crippen MR) is 157 cm³/mol. The summed E-state index contributed by atoms with van der Waals surface area (Å²) in [5.74, 6) is 1.49. The molecule has 5 rings (SSSR count). The van der Waals surface area contributed by atoms with Gasteiger partial charge in [-0.25, -0.2) is 4.79 Å². The number of carbonyl (C=O) groups excluding carboxylic acids is 1. The van der Waals surface area contributed by atoms with Crippen molar-refractivity contribution in [1.29, 1.82) is 0 Å². The molecule has 0 saturated carbocycles. The summed E-state index contributed by atoms with van der Waals surface area (Å²) < 4.78 is 24.2. The minimum atomic E-state index is -0.449. The number of benzene rings is 2. The third-order valence-electron chi connectivity index (χ3n) is 5.95. The molecule has 0 fully saturated rings. The van der Waals surface area contributed by atoms with E-state index in [1.165, 1.54) is 12.1 Å². The van der Waals surface area contributed by atoms with Gasteiger partial charge in [-0.3, -0.25) is 9.48 Å². The van der Waals surface area contributed by atoms with E-state index in [1.807, 2.05) is 41.9 Å². The van der Waals surface area contributed by atoms with E-state index in [9.17, 15) is 9.59 Å². The van der Waals surface area contributed by atoms with E-state index in [1.54, 1.807) is 65.6 Å². The summed E-state index contributed by atoms with van der Waals surface area (Å²) in [4.78, 5) is 25.0. The molecule has 0 amide bonds. The van der Waals surface area contributed by atoms with Crippen LogP contribution in [0.3, 0.4) is 0 Å². The molecule has 3 aromatic heterocycles. The Labute approximate surface area is 239 Å². The molecule has 3 heterocycles. The predicted octanol–water partition coefficient (Wildman–Crippen LogP) is 5.80. The van der Waals surface area contributed by atoms with Crippen LogP contribution < -0.4 is 19.8 Å². The van der Waals surface area contributed by atoms with Gasteiger partial charge in [-0.05, 0) is 59.5 Å². The zero-order valence-corrected chi connectivity index (χ0v) is 23.1. The number of methoxy groups -OCH3 is 1. The van der Waals surface area contributed by atoms with Crippen molar-refractivity contribution in [2.24, 2.45) is 0 Å². The van der Waals surface area contributed by atoms with Gasteiger partial charge in [-0.15, -0.1) is 16.4 Å². The van der Waals surface area contributed by atoms with Crippen LogP contribution >= 0.6 is 11.3 Å². The Morgan fingerprint density at radius 1 is 1.00 bits per heavy atom. The summed E-state index contributed by atoms with van der Waals surface area (Å²) in [5.41, 5.74) is 1.51. The van der Waals surface area contributed by atoms with Gasteiger partial charge in [0.05, 0.1) is 31.4 Å². The topological polar surface area (TPSA) is 106 Å². The van der Waals surface area contributed by atoms with Crippen molar-refractivity contribution in [2.45, 2.75) is 19.6 Å². The molecule has 0 spiro atoms. The molecule has 5 aromatic rings. The summed E-state index contributed by atoms with van der Waals surface area (Å²) in [7, 11) is 1.56. The Morgan fingerprint density at radius 2 is 1.88 bits per heavy atom. The minimum absolute atomic E-state index is 0.103. The highest BCUT2D eigenvalue weighted by molar-refractivity contribution is 7.10. The first kappa shape index (κ1) is 27.6. The van der Waals surface area contributed by atoms with Crippen LogP contribution in [0.2, 0.25) is 0 Å². The van der Waals surface area contributed by atoms with Gasteiger partial charge in [0.25, 0.3) is 0 Å². The van der Waals surface area contributed by atoms with Crippen LogP contribution in [-0.4, -0.2) is 34.5 Å². The third kappa shape index (κ3) is 7.58. The summed E-state index contributed by atoms with van der Waals surface area (Å²) in [6.07, 6.45) is 9.06. The Balaban J connectivity index is 1.10. The first-order valence-electron chi connectivity index (χ1n) is 12.9. The van der Waals surface area contributed by atoms with Crippen molar-refractivity contribution in [3.63, 3.8) is 0 Å². The van der Waals surface area contributed by atoms with E-state index in [0.29, 0.717) is 48.1 Å². The standard InChI is InChI=1S/C31H27N3O6S/c1-37-30-18-22(9-11-24(35)12-13-25-6-4-17-41-25)10-14-28(30)39-21-23-20-34(33-32-23)15-5-16-38-29-19-31(36)40-27-8-3-2-7-26(27)29/h2-4,6-14,17-20H,5,15-16,21H2,1H3/b11-9+,13-12+. The molecule has 0 radical (unpaired) electrons. The molecule has 0 saturated heterocycles. The van der Waals surface area contributed by atoms with Gasteiger partial charge in [-0.2, -0.15) is 0 Å². The summed E-state index contributed by atoms with van der Waals surface area (Å²) in [6.45, 7) is 1.19. The molecule has 0 unspecified atom stereocenters. The van der Waals surface area contributed by atoms with Gasteiger partial charge in [-0.1, -0.05) is 35.6 Å². The number of hydrogen-bond acceptors (Lipinski definition) is 9. The van der Waals surface area contributed by atoms with Crippen molar-refractivity contribution in [1.82, 2.24) is 15.0 Å². The normalized spacial score (nSPS) is 11.4. The second kappa shape index (κ2) is 13.4. The fraction of sp³-hybridized carbons (Fsp3) is 0.161. The number of allylic oxidation sites excluding steroid dienone is 2. The molecule has 0 aliphatic carbocycles.